The SMILES string of the molecule is Cn1c(=O)n(C2CCC(=O)NC2=O)c2ccc(C3CC4CCC(C3)N4C(=O)OC(C)(C)C)cc21. The van der Waals surface area contributed by atoms with Crippen molar-refractivity contribution in [2.45, 2.75) is 88.9 Å². The van der Waals surface area contributed by atoms with Gasteiger partial charge in [-0.3, -0.25) is 24.0 Å². The Hall–Kier alpha value is -3.10. The lowest BCUT2D eigenvalue weighted by atomic mass is 9.85. The van der Waals surface area contributed by atoms with E-state index in [1.165, 1.54) is 4.57 Å². The van der Waals surface area contributed by atoms with E-state index in [1.54, 1.807) is 11.6 Å². The average molecular weight is 469 g/mol. The second-order valence-electron chi connectivity index (χ2n) is 10.9. The topological polar surface area (TPSA) is 103 Å². The number of ether oxygens (including phenoxy) is 1. The van der Waals surface area contributed by atoms with Gasteiger partial charge in [-0.1, -0.05) is 6.07 Å². The molecule has 3 unspecified atom stereocenters. The first kappa shape index (κ1) is 22.7. The number of rotatable bonds is 2. The zero-order valence-corrected chi connectivity index (χ0v) is 20.2. The number of amides is 3. The Balaban J connectivity index is 1.42. The lowest BCUT2D eigenvalue weighted by molar-refractivity contribution is -0.135. The van der Waals surface area contributed by atoms with Crippen LogP contribution in [-0.4, -0.2) is 49.6 Å². The molecule has 0 aliphatic carbocycles. The van der Waals surface area contributed by atoms with Gasteiger partial charge in [0.1, 0.15) is 11.6 Å². The van der Waals surface area contributed by atoms with Gasteiger partial charge in [0, 0.05) is 25.6 Å². The van der Waals surface area contributed by atoms with Gasteiger partial charge in [0.05, 0.1) is 11.0 Å². The Morgan fingerprint density at radius 2 is 1.71 bits per heavy atom. The van der Waals surface area contributed by atoms with Crippen LogP contribution in [0.5, 0.6) is 0 Å². The van der Waals surface area contributed by atoms with Crippen LogP contribution in [0, 0.1) is 0 Å². The van der Waals surface area contributed by atoms with Gasteiger partial charge in [0.2, 0.25) is 11.8 Å². The third-order valence-electron chi connectivity index (χ3n) is 7.44. The molecule has 1 aromatic heterocycles. The average Bonchev–Trinajstić information content (AvgIpc) is 3.16. The number of benzene rings is 1. The summed E-state index contributed by atoms with van der Waals surface area (Å²) >= 11 is 0. The number of imidazole rings is 1. The molecule has 0 saturated carbocycles. The van der Waals surface area contributed by atoms with Gasteiger partial charge in [-0.05, 0) is 76.5 Å². The molecule has 9 nitrogen and oxygen atoms in total. The Kier molecular flexibility index (Phi) is 5.33. The summed E-state index contributed by atoms with van der Waals surface area (Å²) in [5.74, 6) is -0.445. The van der Waals surface area contributed by atoms with Crippen molar-refractivity contribution in [3.8, 4) is 0 Å². The highest BCUT2D eigenvalue weighted by molar-refractivity contribution is 6.00. The maximum atomic E-state index is 13.1. The van der Waals surface area contributed by atoms with E-state index >= 15 is 0 Å². The predicted molar refractivity (Wildman–Crippen MR) is 125 cm³/mol. The predicted octanol–water partition coefficient (Wildman–Crippen LogP) is 2.96. The van der Waals surface area contributed by atoms with Crippen molar-refractivity contribution in [3.63, 3.8) is 0 Å². The van der Waals surface area contributed by atoms with Crippen molar-refractivity contribution in [1.82, 2.24) is 19.4 Å². The van der Waals surface area contributed by atoms with Gasteiger partial charge in [-0.15, -0.1) is 0 Å². The molecule has 0 spiro atoms. The fraction of sp³-hybridized carbons (Fsp3) is 0.600. The summed E-state index contributed by atoms with van der Waals surface area (Å²) in [4.78, 5) is 51.8. The second kappa shape index (κ2) is 7.99. The van der Waals surface area contributed by atoms with Crippen molar-refractivity contribution in [3.05, 3.63) is 34.2 Å². The third-order valence-corrected chi connectivity index (χ3v) is 7.44. The first-order valence-electron chi connectivity index (χ1n) is 12.1. The van der Waals surface area contributed by atoms with Crippen molar-refractivity contribution in [1.29, 1.82) is 0 Å². The largest absolute Gasteiger partial charge is 0.444 e. The summed E-state index contributed by atoms with van der Waals surface area (Å²) in [5.41, 5.74) is 1.83. The molecule has 2 aromatic rings. The Morgan fingerprint density at radius 3 is 2.32 bits per heavy atom. The van der Waals surface area contributed by atoms with Crippen LogP contribution in [0.4, 0.5) is 4.79 Å². The summed E-state index contributed by atoms with van der Waals surface area (Å²) in [6.07, 6.45) is 4.00. The minimum absolute atomic E-state index is 0.159. The summed E-state index contributed by atoms with van der Waals surface area (Å²) in [7, 11) is 1.71. The molecule has 4 heterocycles. The van der Waals surface area contributed by atoms with Crippen LogP contribution in [-0.2, 0) is 21.4 Å². The number of carbonyl (C=O) groups is 3. The number of fused-ring (bicyclic) bond motifs is 3. The molecule has 3 aliphatic heterocycles. The molecule has 1 N–H and O–H groups in total. The molecule has 9 heteroatoms. The molecule has 1 aromatic carbocycles. The smallest absolute Gasteiger partial charge is 0.410 e. The molecule has 0 radical (unpaired) electrons. The number of carbonyl (C=O) groups excluding carboxylic acids is 3. The number of aromatic nitrogens is 2. The van der Waals surface area contributed by atoms with E-state index in [2.05, 4.69) is 5.32 Å². The van der Waals surface area contributed by atoms with E-state index < -0.39 is 17.6 Å². The zero-order valence-electron chi connectivity index (χ0n) is 20.2. The normalized spacial score (nSPS) is 27.2. The molecule has 3 fully saturated rings. The third kappa shape index (κ3) is 3.80. The fourth-order valence-corrected chi connectivity index (χ4v) is 5.93. The quantitative estimate of drug-likeness (QED) is 0.683. The van der Waals surface area contributed by atoms with Crippen molar-refractivity contribution in [2.75, 3.05) is 0 Å². The number of aryl methyl sites for hydroxylation is 1. The number of piperidine rings is 2. The van der Waals surface area contributed by atoms with Crippen LogP contribution in [0.2, 0.25) is 0 Å². The molecule has 3 saturated heterocycles. The van der Waals surface area contributed by atoms with E-state index in [1.807, 2.05) is 43.9 Å². The van der Waals surface area contributed by atoms with Crippen LogP contribution in [0.15, 0.2) is 23.0 Å². The van der Waals surface area contributed by atoms with E-state index in [0.29, 0.717) is 11.9 Å². The second-order valence-corrected chi connectivity index (χ2v) is 10.9. The van der Waals surface area contributed by atoms with Crippen molar-refractivity contribution >= 4 is 28.9 Å². The highest BCUT2D eigenvalue weighted by Crippen LogP contribution is 2.44. The van der Waals surface area contributed by atoms with Crippen LogP contribution in [0.25, 0.3) is 11.0 Å². The number of nitrogens with zero attached hydrogens (tertiary/aromatic N) is 3. The molecule has 5 rings (SSSR count). The van der Waals surface area contributed by atoms with Crippen LogP contribution >= 0.6 is 0 Å². The lowest BCUT2D eigenvalue weighted by Gasteiger charge is -2.39. The van der Waals surface area contributed by atoms with Crippen LogP contribution in [0.1, 0.15) is 76.8 Å². The molecule has 3 aliphatic rings. The van der Waals surface area contributed by atoms with E-state index in [9.17, 15) is 19.2 Å². The maximum absolute atomic E-state index is 13.1. The standard InChI is InChI=1S/C25H32N4O5/c1-25(2,3)34-24(33)28-16-6-7-17(28)12-15(11-16)14-5-8-18-20(13-14)27(4)23(32)29(18)19-9-10-21(30)26-22(19)31/h5,8,13,15-17,19H,6-7,9-12H2,1-4H3,(H,26,30,31). The highest BCUT2D eigenvalue weighted by atomic mass is 16.6. The van der Waals surface area contributed by atoms with Crippen LogP contribution < -0.4 is 11.0 Å². The first-order valence-corrected chi connectivity index (χ1v) is 12.1. The van der Waals surface area contributed by atoms with Crippen molar-refractivity contribution < 1.29 is 19.1 Å². The maximum Gasteiger partial charge on any atom is 0.410 e. The summed E-state index contributed by atoms with van der Waals surface area (Å²) in [6, 6.07) is 5.63. The minimum atomic E-state index is -0.687. The van der Waals surface area contributed by atoms with Crippen LogP contribution in [0.3, 0.4) is 0 Å². The summed E-state index contributed by atoms with van der Waals surface area (Å²) in [6.45, 7) is 5.67. The number of nitrogens with one attached hydrogen (secondary N) is 1. The lowest BCUT2D eigenvalue weighted by Crippen LogP contribution is -2.48. The van der Waals surface area contributed by atoms with Gasteiger partial charge >= 0.3 is 11.8 Å². The monoisotopic (exact) mass is 468 g/mol. The van der Waals surface area contributed by atoms with Crippen molar-refractivity contribution in [2.24, 2.45) is 7.05 Å². The van der Waals surface area contributed by atoms with Gasteiger partial charge < -0.3 is 9.64 Å². The van der Waals surface area contributed by atoms with Gasteiger partial charge in [-0.25, -0.2) is 9.59 Å². The zero-order chi connectivity index (χ0) is 24.4. The molecular formula is C25H32N4O5. The molecule has 182 valence electrons. The van der Waals surface area contributed by atoms with E-state index in [0.717, 1.165) is 36.8 Å². The molecule has 3 amide bonds. The first-order chi connectivity index (χ1) is 16.0. The molecule has 3 atom stereocenters. The van der Waals surface area contributed by atoms with E-state index in [-0.39, 0.29) is 42.1 Å². The minimum Gasteiger partial charge on any atom is -0.444 e. The number of hydrogen-bond acceptors (Lipinski definition) is 5. The van der Waals surface area contributed by atoms with E-state index in [4.69, 9.17) is 4.74 Å². The summed E-state index contributed by atoms with van der Waals surface area (Å²) in [5, 5.41) is 2.35. The Morgan fingerprint density at radius 1 is 1.03 bits per heavy atom. The Labute approximate surface area is 198 Å². The highest BCUT2D eigenvalue weighted by Gasteiger charge is 2.45. The molecular weight excluding hydrogens is 436 g/mol. The fourth-order valence-electron chi connectivity index (χ4n) is 5.93. The Bertz CT molecular complexity index is 1220. The van der Waals surface area contributed by atoms with Gasteiger partial charge in [-0.2, -0.15) is 0 Å². The number of imide groups is 1. The summed E-state index contributed by atoms with van der Waals surface area (Å²) < 4.78 is 8.74. The number of hydrogen-bond donors (Lipinski definition) is 1. The van der Waals surface area contributed by atoms with Gasteiger partial charge in [0.15, 0.2) is 0 Å². The van der Waals surface area contributed by atoms with Gasteiger partial charge in [0.25, 0.3) is 0 Å². The molecule has 34 heavy (non-hydrogen) atoms. The molecule has 2 bridgehead atoms.